The molecule has 0 saturated carbocycles. The van der Waals surface area contributed by atoms with Crippen LogP contribution in [0.15, 0.2) is 0 Å². The predicted octanol–water partition coefficient (Wildman–Crippen LogP) is 2.41. The molecule has 0 aliphatic rings. The second-order valence-corrected chi connectivity index (χ2v) is 3.66. The van der Waals surface area contributed by atoms with E-state index in [-0.39, 0.29) is 5.54 Å². The zero-order valence-corrected chi connectivity index (χ0v) is 9.78. The highest BCUT2D eigenvalue weighted by Crippen LogP contribution is 2.16. The molecular weight excluding hydrogens is 186 g/mol. The maximum atomic E-state index is 5.94. The molecule has 0 aliphatic carbocycles. The van der Waals surface area contributed by atoms with Gasteiger partial charge >= 0.3 is 0 Å². The first-order valence-electron chi connectivity index (χ1n) is 5.04. The van der Waals surface area contributed by atoms with Gasteiger partial charge in [0, 0.05) is 25.1 Å². The third-order valence-corrected chi connectivity index (χ3v) is 3.15. The lowest BCUT2D eigenvalue weighted by Gasteiger charge is -2.30. The van der Waals surface area contributed by atoms with Gasteiger partial charge in [-0.05, 0) is 25.8 Å². The first-order valence-corrected chi connectivity index (χ1v) is 5.58. The van der Waals surface area contributed by atoms with Crippen LogP contribution in [0.1, 0.15) is 33.1 Å². The van der Waals surface area contributed by atoms with E-state index in [0.717, 1.165) is 32.4 Å². The molecule has 80 valence electrons. The van der Waals surface area contributed by atoms with E-state index in [1.807, 2.05) is 0 Å². The molecule has 0 aromatic rings. The maximum Gasteiger partial charge on any atom is 0.0474 e. The van der Waals surface area contributed by atoms with Crippen molar-refractivity contribution in [2.45, 2.75) is 38.6 Å². The molecule has 0 spiro atoms. The van der Waals surface area contributed by atoms with Gasteiger partial charge in [0.15, 0.2) is 0 Å². The minimum atomic E-state index is 0.134. The van der Waals surface area contributed by atoms with E-state index in [2.05, 4.69) is 19.2 Å². The van der Waals surface area contributed by atoms with Crippen molar-refractivity contribution in [3.63, 3.8) is 0 Å². The molecule has 0 bridgehead atoms. The Morgan fingerprint density at radius 1 is 1.31 bits per heavy atom. The summed E-state index contributed by atoms with van der Waals surface area (Å²) >= 11 is 5.94. The Morgan fingerprint density at radius 3 is 2.31 bits per heavy atom. The second-order valence-electron chi connectivity index (χ2n) is 3.39. The van der Waals surface area contributed by atoms with Crippen molar-refractivity contribution in [3.05, 3.63) is 0 Å². The van der Waals surface area contributed by atoms with Gasteiger partial charge in [-0.1, -0.05) is 13.8 Å². The number of rotatable bonds is 8. The number of alkyl halides is 1. The molecule has 0 radical (unpaired) electrons. The van der Waals surface area contributed by atoms with Gasteiger partial charge in [-0.2, -0.15) is 0 Å². The zero-order chi connectivity index (χ0) is 10.2. The summed E-state index contributed by atoms with van der Waals surface area (Å²) in [5.41, 5.74) is 0.134. The second kappa shape index (κ2) is 7.60. The smallest absolute Gasteiger partial charge is 0.0474 e. The van der Waals surface area contributed by atoms with Crippen LogP contribution in [0.2, 0.25) is 0 Å². The summed E-state index contributed by atoms with van der Waals surface area (Å²) in [5, 5.41) is 3.51. The quantitative estimate of drug-likeness (QED) is 0.488. The summed E-state index contributed by atoms with van der Waals surface area (Å²) in [5.74, 6) is 0.687. The van der Waals surface area contributed by atoms with Crippen molar-refractivity contribution < 1.29 is 4.74 Å². The van der Waals surface area contributed by atoms with Crippen LogP contribution in [0, 0.1) is 0 Å². The van der Waals surface area contributed by atoms with Crippen LogP contribution >= 0.6 is 11.6 Å². The average Bonchev–Trinajstić information content (AvgIpc) is 2.20. The summed E-state index contributed by atoms with van der Waals surface area (Å²) < 4.78 is 4.98. The summed E-state index contributed by atoms with van der Waals surface area (Å²) in [7, 11) is 1.73. The highest BCUT2D eigenvalue weighted by atomic mass is 35.5. The van der Waals surface area contributed by atoms with Gasteiger partial charge in [-0.15, -0.1) is 11.6 Å². The van der Waals surface area contributed by atoms with Gasteiger partial charge in [0.05, 0.1) is 0 Å². The number of methoxy groups -OCH3 is 1. The van der Waals surface area contributed by atoms with E-state index in [4.69, 9.17) is 16.3 Å². The van der Waals surface area contributed by atoms with Gasteiger partial charge < -0.3 is 10.1 Å². The monoisotopic (exact) mass is 207 g/mol. The normalized spacial score (nSPS) is 12.0. The SMILES string of the molecule is CCC(CC)(CCl)NCCCOC. The molecule has 13 heavy (non-hydrogen) atoms. The van der Waals surface area contributed by atoms with Crippen molar-refractivity contribution in [2.24, 2.45) is 0 Å². The molecule has 3 heteroatoms. The van der Waals surface area contributed by atoms with Crippen LogP contribution in [0.5, 0.6) is 0 Å². The van der Waals surface area contributed by atoms with Gasteiger partial charge in [-0.25, -0.2) is 0 Å². The molecule has 2 nitrogen and oxygen atoms in total. The largest absolute Gasteiger partial charge is 0.385 e. The van der Waals surface area contributed by atoms with Crippen LogP contribution in [-0.2, 0) is 4.74 Å². The lowest BCUT2D eigenvalue weighted by atomic mass is 9.95. The molecule has 0 heterocycles. The van der Waals surface area contributed by atoms with Crippen LogP contribution in [0.4, 0.5) is 0 Å². The first kappa shape index (κ1) is 13.2. The minimum absolute atomic E-state index is 0.134. The van der Waals surface area contributed by atoms with Crippen LogP contribution in [-0.4, -0.2) is 31.7 Å². The minimum Gasteiger partial charge on any atom is -0.385 e. The van der Waals surface area contributed by atoms with E-state index in [1.54, 1.807) is 7.11 Å². The molecule has 0 rings (SSSR count). The molecule has 0 atom stereocenters. The van der Waals surface area contributed by atoms with E-state index < -0.39 is 0 Å². The van der Waals surface area contributed by atoms with Gasteiger partial charge in [0.25, 0.3) is 0 Å². The first-order chi connectivity index (χ1) is 6.24. The Balaban J connectivity index is 3.68. The lowest BCUT2D eigenvalue weighted by molar-refractivity contribution is 0.189. The number of hydrogen-bond acceptors (Lipinski definition) is 2. The average molecular weight is 208 g/mol. The van der Waals surface area contributed by atoms with Crippen molar-refractivity contribution >= 4 is 11.6 Å². The van der Waals surface area contributed by atoms with Crippen LogP contribution in [0.25, 0.3) is 0 Å². The summed E-state index contributed by atoms with van der Waals surface area (Å²) in [6, 6.07) is 0. The molecule has 0 aliphatic heterocycles. The number of nitrogens with one attached hydrogen (secondary N) is 1. The van der Waals surface area contributed by atoms with Crippen LogP contribution < -0.4 is 5.32 Å². The fourth-order valence-corrected chi connectivity index (χ4v) is 1.78. The molecule has 0 saturated heterocycles. The van der Waals surface area contributed by atoms with Crippen molar-refractivity contribution in [3.8, 4) is 0 Å². The molecule has 1 N–H and O–H groups in total. The molecule has 0 aromatic carbocycles. The van der Waals surface area contributed by atoms with Gasteiger partial charge in [0.2, 0.25) is 0 Å². The number of halogens is 1. The van der Waals surface area contributed by atoms with Crippen molar-refractivity contribution in [1.82, 2.24) is 5.32 Å². The Bertz CT molecular complexity index is 107. The zero-order valence-electron chi connectivity index (χ0n) is 9.03. The van der Waals surface area contributed by atoms with Gasteiger partial charge in [-0.3, -0.25) is 0 Å². The highest BCUT2D eigenvalue weighted by molar-refractivity contribution is 6.18. The Labute approximate surface area is 87.0 Å². The van der Waals surface area contributed by atoms with E-state index in [9.17, 15) is 0 Å². The third-order valence-electron chi connectivity index (χ3n) is 2.63. The summed E-state index contributed by atoms with van der Waals surface area (Å²) in [6.45, 7) is 6.16. The highest BCUT2D eigenvalue weighted by Gasteiger charge is 2.23. The van der Waals surface area contributed by atoms with E-state index >= 15 is 0 Å². The van der Waals surface area contributed by atoms with Crippen LogP contribution in [0.3, 0.4) is 0 Å². The van der Waals surface area contributed by atoms with Crippen molar-refractivity contribution in [1.29, 1.82) is 0 Å². The molecule has 0 fully saturated rings. The molecule has 0 amide bonds. The van der Waals surface area contributed by atoms with Gasteiger partial charge in [0.1, 0.15) is 0 Å². The number of ether oxygens (including phenoxy) is 1. The standard InChI is InChI=1S/C10H22ClNO/c1-4-10(5-2,9-11)12-7-6-8-13-3/h12H,4-9H2,1-3H3. The summed E-state index contributed by atoms with van der Waals surface area (Å²) in [6.07, 6.45) is 3.22. The molecular formula is C10H22ClNO. The predicted molar refractivity (Wildman–Crippen MR) is 58.5 cm³/mol. The maximum absolute atomic E-state index is 5.94. The Morgan fingerprint density at radius 2 is 1.92 bits per heavy atom. The molecule has 0 aromatic heterocycles. The molecule has 0 unspecified atom stereocenters. The van der Waals surface area contributed by atoms with Crippen molar-refractivity contribution in [2.75, 3.05) is 26.1 Å². The Hall–Kier alpha value is 0.210. The summed E-state index contributed by atoms with van der Waals surface area (Å²) in [4.78, 5) is 0. The fourth-order valence-electron chi connectivity index (χ4n) is 1.31. The van der Waals surface area contributed by atoms with E-state index in [1.165, 1.54) is 0 Å². The number of hydrogen-bond donors (Lipinski definition) is 1. The fraction of sp³-hybridized carbons (Fsp3) is 1.00. The lowest BCUT2D eigenvalue weighted by Crippen LogP contribution is -2.46. The third kappa shape index (κ3) is 4.84. The van der Waals surface area contributed by atoms with E-state index in [0.29, 0.717) is 5.88 Å². The topological polar surface area (TPSA) is 21.3 Å². The Kier molecular flexibility index (Phi) is 7.72.